The summed E-state index contributed by atoms with van der Waals surface area (Å²) in [4.78, 5) is 0. The molecule has 0 aliphatic heterocycles. The average molecular weight is 136 g/mol. The fourth-order valence-corrected chi connectivity index (χ4v) is 0. The molecule has 4 heteroatoms. The van der Waals surface area contributed by atoms with Gasteiger partial charge in [0.15, 0.2) is 0 Å². The summed E-state index contributed by atoms with van der Waals surface area (Å²) < 4.78 is 0. The van der Waals surface area contributed by atoms with Gasteiger partial charge >= 0.3 is 0 Å². The normalized spacial score (nSPS) is 5.00. The van der Waals surface area contributed by atoms with Crippen molar-refractivity contribution in [3.8, 4) is 0 Å². The van der Waals surface area contributed by atoms with E-state index in [2.05, 4.69) is 0 Å². The Hall–Kier alpha value is 0.386. The van der Waals surface area contributed by atoms with Crippen LogP contribution in [0.1, 0.15) is 0 Å². The largest absolute Gasteiger partial charge is 0.344 e. The van der Waals surface area contributed by atoms with Gasteiger partial charge < -0.3 is 17.6 Å². The minimum absolute atomic E-state index is 0. The van der Waals surface area contributed by atoms with E-state index >= 15 is 0 Å². The topological polar surface area (TPSA) is 87.0 Å². The molecule has 0 aromatic carbocycles. The molecule has 0 bridgehead atoms. The molecule has 0 aromatic heterocycles. The quantitative estimate of drug-likeness (QED) is 0.435. The third-order valence-corrected chi connectivity index (χ3v) is 0.167. The monoisotopic (exact) mass is 136 g/mol. The summed E-state index contributed by atoms with van der Waals surface area (Å²) in [5.41, 5.74) is 9.81. The van der Waals surface area contributed by atoms with E-state index in [1.807, 2.05) is 0 Å². The standard InChI is InChI=1S/C2H8N2.Co.H3N/c3-1-2-4;;/h1-4H2;;1H3. The molecule has 0 aliphatic rings. The predicted octanol–water partition coefficient (Wildman–Crippen LogP) is -0.937. The van der Waals surface area contributed by atoms with Crippen molar-refractivity contribution in [3.05, 3.63) is 0 Å². The van der Waals surface area contributed by atoms with Crippen LogP contribution in [0.25, 0.3) is 0 Å². The van der Waals surface area contributed by atoms with Gasteiger partial charge in [-0.2, -0.15) is 0 Å². The number of rotatable bonds is 1. The second-order valence-corrected chi connectivity index (χ2v) is 0.577. The Kier molecular flexibility index (Phi) is 49.0. The summed E-state index contributed by atoms with van der Waals surface area (Å²) in [6, 6.07) is 0. The van der Waals surface area contributed by atoms with Crippen LogP contribution in [-0.2, 0) is 16.8 Å². The minimum atomic E-state index is 0. The third-order valence-electron chi connectivity index (χ3n) is 0.167. The first-order valence-electron chi connectivity index (χ1n) is 1.32. The van der Waals surface area contributed by atoms with Crippen molar-refractivity contribution in [2.24, 2.45) is 11.5 Å². The second kappa shape index (κ2) is 18.2. The molecule has 0 unspecified atom stereocenters. The molecule has 7 N–H and O–H groups in total. The van der Waals surface area contributed by atoms with Crippen LogP contribution >= 0.6 is 0 Å². The van der Waals surface area contributed by atoms with Gasteiger partial charge in [0, 0.05) is 29.9 Å². The van der Waals surface area contributed by atoms with Crippen LogP contribution in [0, 0.1) is 0 Å². The van der Waals surface area contributed by atoms with Gasteiger partial charge in [0.1, 0.15) is 0 Å². The van der Waals surface area contributed by atoms with Gasteiger partial charge in [0.25, 0.3) is 0 Å². The molecule has 0 amide bonds. The van der Waals surface area contributed by atoms with Crippen molar-refractivity contribution in [2.45, 2.75) is 0 Å². The minimum Gasteiger partial charge on any atom is -0.344 e. The molecule has 0 saturated heterocycles. The first-order valence-corrected chi connectivity index (χ1v) is 1.32. The van der Waals surface area contributed by atoms with Crippen molar-refractivity contribution in [2.75, 3.05) is 13.1 Å². The Morgan fingerprint density at radius 3 is 1.17 bits per heavy atom. The first kappa shape index (κ1) is 16.2. The van der Waals surface area contributed by atoms with Gasteiger partial charge in [-0.3, -0.25) is 0 Å². The molecule has 6 heavy (non-hydrogen) atoms. The summed E-state index contributed by atoms with van der Waals surface area (Å²) >= 11 is 0. The van der Waals surface area contributed by atoms with E-state index in [1.165, 1.54) is 0 Å². The molecular formula is C2H11CoN3. The second-order valence-electron chi connectivity index (χ2n) is 0.577. The predicted molar refractivity (Wildman–Crippen MR) is 23.1 cm³/mol. The Labute approximate surface area is 48.2 Å². The first-order chi connectivity index (χ1) is 1.91. The van der Waals surface area contributed by atoms with Gasteiger partial charge in [0.2, 0.25) is 0 Å². The van der Waals surface area contributed by atoms with Crippen LogP contribution in [0.15, 0.2) is 0 Å². The van der Waals surface area contributed by atoms with E-state index in [0.717, 1.165) is 0 Å². The number of hydrogen-bond donors (Lipinski definition) is 3. The molecule has 0 atom stereocenters. The van der Waals surface area contributed by atoms with Crippen LogP contribution < -0.4 is 17.6 Å². The number of nitrogens with two attached hydrogens (primary N) is 2. The van der Waals surface area contributed by atoms with Gasteiger partial charge in [-0.15, -0.1) is 0 Å². The van der Waals surface area contributed by atoms with Crippen molar-refractivity contribution in [1.82, 2.24) is 6.15 Å². The van der Waals surface area contributed by atoms with E-state index < -0.39 is 0 Å². The van der Waals surface area contributed by atoms with E-state index in [1.54, 1.807) is 0 Å². The molecule has 0 aliphatic carbocycles. The zero-order valence-corrected chi connectivity index (χ0v) is 4.65. The van der Waals surface area contributed by atoms with Crippen LogP contribution in [0.2, 0.25) is 0 Å². The van der Waals surface area contributed by atoms with E-state index in [0.29, 0.717) is 13.1 Å². The molecule has 0 heterocycles. The summed E-state index contributed by atoms with van der Waals surface area (Å²) in [6.07, 6.45) is 0. The average Bonchev–Trinajstić information content (AvgIpc) is 1.37. The molecule has 1 radical (unpaired) electrons. The Balaban J connectivity index is -0.0000000450. The maximum absolute atomic E-state index is 4.90. The van der Waals surface area contributed by atoms with E-state index in [9.17, 15) is 0 Å². The van der Waals surface area contributed by atoms with Crippen molar-refractivity contribution >= 4 is 0 Å². The summed E-state index contributed by atoms with van der Waals surface area (Å²) in [6.45, 7) is 1.19. The van der Waals surface area contributed by atoms with E-state index in [-0.39, 0.29) is 22.9 Å². The van der Waals surface area contributed by atoms with Gasteiger partial charge in [-0.05, 0) is 0 Å². The summed E-state index contributed by atoms with van der Waals surface area (Å²) in [5, 5.41) is 0. The van der Waals surface area contributed by atoms with Crippen molar-refractivity contribution < 1.29 is 16.8 Å². The summed E-state index contributed by atoms with van der Waals surface area (Å²) in [7, 11) is 0. The Bertz CT molecular complexity index is 10.8. The van der Waals surface area contributed by atoms with Crippen LogP contribution in [-0.4, -0.2) is 13.1 Å². The van der Waals surface area contributed by atoms with Crippen LogP contribution in [0.3, 0.4) is 0 Å². The third kappa shape index (κ3) is 26.2. The van der Waals surface area contributed by atoms with Crippen molar-refractivity contribution in [1.29, 1.82) is 0 Å². The molecular weight excluding hydrogens is 125 g/mol. The molecule has 0 saturated carbocycles. The molecule has 0 spiro atoms. The fourth-order valence-electron chi connectivity index (χ4n) is 0. The molecule has 43 valence electrons. The molecule has 0 fully saturated rings. The van der Waals surface area contributed by atoms with Gasteiger partial charge in [0.05, 0.1) is 0 Å². The zero-order chi connectivity index (χ0) is 3.41. The smallest absolute Gasteiger partial charge is 0.00461 e. The molecule has 0 rings (SSSR count). The van der Waals surface area contributed by atoms with Crippen molar-refractivity contribution in [3.63, 3.8) is 0 Å². The fraction of sp³-hybridized carbons (Fsp3) is 1.00. The van der Waals surface area contributed by atoms with Crippen LogP contribution in [0.4, 0.5) is 0 Å². The SMILES string of the molecule is N.NCCN.[Co]. The zero-order valence-electron chi connectivity index (χ0n) is 3.61. The number of hydrogen-bond acceptors (Lipinski definition) is 3. The maximum atomic E-state index is 4.90. The van der Waals surface area contributed by atoms with E-state index in [4.69, 9.17) is 11.5 Å². The maximum Gasteiger partial charge on any atom is 0.00461 e. The van der Waals surface area contributed by atoms with Crippen LogP contribution in [0.5, 0.6) is 0 Å². The van der Waals surface area contributed by atoms with Gasteiger partial charge in [-0.25, -0.2) is 0 Å². The molecule has 0 aromatic rings. The Morgan fingerprint density at radius 2 is 1.17 bits per heavy atom. The molecule has 3 nitrogen and oxygen atoms in total. The summed E-state index contributed by atoms with van der Waals surface area (Å²) in [5.74, 6) is 0. The van der Waals surface area contributed by atoms with Gasteiger partial charge in [-0.1, -0.05) is 0 Å². The Morgan fingerprint density at radius 1 is 1.00 bits per heavy atom.